The van der Waals surface area contributed by atoms with E-state index in [-0.39, 0.29) is 0 Å². The van der Waals surface area contributed by atoms with Gasteiger partial charge in [-0.05, 0) is 56.1 Å². The van der Waals surface area contributed by atoms with Crippen LogP contribution in [0.5, 0.6) is 0 Å². The molecule has 0 aromatic carbocycles. The largest absolute Gasteiger partial charge is 0.375 e. The maximum absolute atomic E-state index is 6.45. The number of hydrogen-bond donors (Lipinski definition) is 0. The van der Waals surface area contributed by atoms with Crippen LogP contribution in [0, 0.1) is 11.8 Å². The van der Waals surface area contributed by atoms with Crippen LogP contribution in [0.15, 0.2) is 24.4 Å². The molecule has 2 aliphatic carbocycles. The molecule has 1 aliphatic heterocycles. The highest BCUT2D eigenvalue weighted by Gasteiger charge is 2.35. The molecule has 21 heavy (non-hydrogen) atoms. The summed E-state index contributed by atoms with van der Waals surface area (Å²) in [6.07, 6.45) is 12.3. The predicted molar refractivity (Wildman–Crippen MR) is 84.4 cm³/mol. The lowest BCUT2D eigenvalue weighted by Crippen LogP contribution is -2.39. The molecule has 2 bridgehead atoms. The zero-order chi connectivity index (χ0) is 14.1. The van der Waals surface area contributed by atoms with E-state index in [1.165, 1.54) is 32.1 Å². The smallest absolute Gasteiger partial charge is 0.128 e. The average molecular weight is 286 g/mol. The highest BCUT2D eigenvalue weighted by Crippen LogP contribution is 2.43. The van der Waals surface area contributed by atoms with Crippen LogP contribution in [0.25, 0.3) is 0 Å². The molecule has 3 fully saturated rings. The van der Waals surface area contributed by atoms with Crippen LogP contribution >= 0.6 is 0 Å². The van der Waals surface area contributed by atoms with Crippen molar-refractivity contribution in [2.45, 2.75) is 57.2 Å². The van der Waals surface area contributed by atoms with Gasteiger partial charge in [-0.2, -0.15) is 0 Å². The number of pyridine rings is 1. The Balaban J connectivity index is 1.28. The van der Waals surface area contributed by atoms with Crippen LogP contribution in [0.1, 0.15) is 44.9 Å². The van der Waals surface area contributed by atoms with Gasteiger partial charge in [0.25, 0.3) is 0 Å². The minimum Gasteiger partial charge on any atom is -0.375 e. The normalized spacial score (nSPS) is 33.3. The van der Waals surface area contributed by atoms with Crippen LogP contribution in [-0.4, -0.2) is 30.3 Å². The van der Waals surface area contributed by atoms with Crippen molar-refractivity contribution in [3.63, 3.8) is 0 Å². The summed E-state index contributed by atoms with van der Waals surface area (Å²) in [6, 6.07) is 6.17. The lowest BCUT2D eigenvalue weighted by atomic mass is 9.87. The third kappa shape index (κ3) is 3.08. The standard InChI is InChI=1S/C18H26N2O/c1-2-8-19-18(3-1)20-9-6-16(7-10-20)21-17-12-14-4-5-15(11-14)13-17/h1-3,8,14-17H,4-7,9-13H2/t14-,15+,17?. The highest BCUT2D eigenvalue weighted by molar-refractivity contribution is 5.38. The molecule has 114 valence electrons. The molecule has 1 aromatic rings. The fourth-order valence-electron chi connectivity index (χ4n) is 4.59. The van der Waals surface area contributed by atoms with Gasteiger partial charge >= 0.3 is 0 Å². The Morgan fingerprint density at radius 2 is 1.67 bits per heavy atom. The van der Waals surface area contributed by atoms with Gasteiger partial charge in [0.05, 0.1) is 12.2 Å². The number of nitrogens with zero attached hydrogens (tertiary/aromatic N) is 2. The summed E-state index contributed by atoms with van der Waals surface area (Å²) >= 11 is 0. The van der Waals surface area contributed by atoms with Crippen LogP contribution in [0.3, 0.4) is 0 Å². The van der Waals surface area contributed by atoms with E-state index in [9.17, 15) is 0 Å². The molecule has 3 heteroatoms. The molecule has 2 saturated carbocycles. The van der Waals surface area contributed by atoms with Crippen molar-refractivity contribution < 1.29 is 4.74 Å². The van der Waals surface area contributed by atoms with E-state index < -0.39 is 0 Å². The molecule has 3 atom stereocenters. The summed E-state index contributed by atoms with van der Waals surface area (Å²) in [4.78, 5) is 6.85. The van der Waals surface area contributed by atoms with E-state index in [0.717, 1.165) is 43.6 Å². The fourth-order valence-corrected chi connectivity index (χ4v) is 4.59. The summed E-state index contributed by atoms with van der Waals surface area (Å²) in [5.41, 5.74) is 0. The number of piperidine rings is 1. The summed E-state index contributed by atoms with van der Waals surface area (Å²) in [5, 5.41) is 0. The Morgan fingerprint density at radius 3 is 2.33 bits per heavy atom. The average Bonchev–Trinajstić information content (AvgIpc) is 2.88. The van der Waals surface area contributed by atoms with E-state index in [1.54, 1.807) is 0 Å². The van der Waals surface area contributed by atoms with Gasteiger partial charge in [0, 0.05) is 19.3 Å². The van der Waals surface area contributed by atoms with Gasteiger partial charge in [0.2, 0.25) is 0 Å². The first-order valence-corrected chi connectivity index (χ1v) is 8.68. The van der Waals surface area contributed by atoms with Gasteiger partial charge in [-0.25, -0.2) is 4.98 Å². The molecule has 1 saturated heterocycles. The molecular formula is C18H26N2O. The molecule has 1 aromatic heterocycles. The Morgan fingerprint density at radius 1 is 0.905 bits per heavy atom. The Hall–Kier alpha value is -1.09. The molecule has 1 unspecified atom stereocenters. The molecule has 2 heterocycles. The molecule has 0 spiro atoms. The first-order valence-electron chi connectivity index (χ1n) is 8.68. The van der Waals surface area contributed by atoms with Crippen molar-refractivity contribution in [2.75, 3.05) is 18.0 Å². The van der Waals surface area contributed by atoms with Crippen LogP contribution in [-0.2, 0) is 4.74 Å². The lowest BCUT2D eigenvalue weighted by Gasteiger charge is -2.36. The van der Waals surface area contributed by atoms with Gasteiger partial charge in [0.1, 0.15) is 5.82 Å². The molecular weight excluding hydrogens is 260 g/mol. The second kappa shape index (κ2) is 5.96. The zero-order valence-corrected chi connectivity index (χ0v) is 12.8. The topological polar surface area (TPSA) is 25.4 Å². The van der Waals surface area contributed by atoms with Crippen molar-refractivity contribution in [3.8, 4) is 0 Å². The molecule has 0 amide bonds. The van der Waals surface area contributed by atoms with Crippen LogP contribution in [0.4, 0.5) is 5.82 Å². The summed E-state index contributed by atoms with van der Waals surface area (Å²) in [6.45, 7) is 2.17. The predicted octanol–water partition coefficient (Wildman–Crippen LogP) is 3.65. The first kappa shape index (κ1) is 13.6. The molecule has 4 rings (SSSR count). The van der Waals surface area contributed by atoms with Gasteiger partial charge < -0.3 is 9.64 Å². The molecule has 0 radical (unpaired) electrons. The van der Waals surface area contributed by atoms with Gasteiger partial charge in [0.15, 0.2) is 0 Å². The third-order valence-electron chi connectivity index (χ3n) is 5.64. The van der Waals surface area contributed by atoms with Crippen molar-refractivity contribution >= 4 is 5.82 Å². The van der Waals surface area contributed by atoms with Crippen molar-refractivity contribution in [1.82, 2.24) is 4.98 Å². The second-order valence-electron chi connectivity index (χ2n) is 7.15. The monoisotopic (exact) mass is 286 g/mol. The van der Waals surface area contributed by atoms with Crippen LogP contribution in [0.2, 0.25) is 0 Å². The minimum absolute atomic E-state index is 0.479. The zero-order valence-electron chi connectivity index (χ0n) is 12.8. The van der Waals surface area contributed by atoms with E-state index in [4.69, 9.17) is 4.74 Å². The highest BCUT2D eigenvalue weighted by atomic mass is 16.5. The summed E-state index contributed by atoms with van der Waals surface area (Å²) in [7, 11) is 0. The molecule has 0 N–H and O–H groups in total. The number of hydrogen-bond acceptors (Lipinski definition) is 3. The SMILES string of the molecule is c1ccc(N2CCC(OC3C[C@H]4CC[C@@H](C3)C4)CC2)nc1. The Bertz CT molecular complexity index is 444. The van der Waals surface area contributed by atoms with Gasteiger partial charge in [-0.3, -0.25) is 0 Å². The quantitative estimate of drug-likeness (QED) is 0.848. The van der Waals surface area contributed by atoms with Gasteiger partial charge in [-0.1, -0.05) is 18.9 Å². The Kier molecular flexibility index (Phi) is 3.85. The lowest BCUT2D eigenvalue weighted by molar-refractivity contribution is -0.0516. The maximum Gasteiger partial charge on any atom is 0.128 e. The van der Waals surface area contributed by atoms with E-state index in [2.05, 4.69) is 22.0 Å². The van der Waals surface area contributed by atoms with E-state index in [0.29, 0.717) is 12.2 Å². The van der Waals surface area contributed by atoms with Gasteiger partial charge in [-0.15, -0.1) is 0 Å². The molecule has 3 aliphatic rings. The first-order chi connectivity index (χ1) is 10.4. The fraction of sp³-hybridized carbons (Fsp3) is 0.722. The Labute approximate surface area is 127 Å². The van der Waals surface area contributed by atoms with E-state index >= 15 is 0 Å². The molecule has 3 nitrogen and oxygen atoms in total. The summed E-state index contributed by atoms with van der Waals surface area (Å²) in [5.74, 6) is 3.07. The van der Waals surface area contributed by atoms with Crippen molar-refractivity contribution in [1.29, 1.82) is 0 Å². The van der Waals surface area contributed by atoms with E-state index in [1.807, 2.05) is 12.3 Å². The number of rotatable bonds is 3. The second-order valence-corrected chi connectivity index (χ2v) is 7.15. The maximum atomic E-state index is 6.45. The number of anilines is 1. The third-order valence-corrected chi connectivity index (χ3v) is 5.64. The number of aromatic nitrogens is 1. The number of fused-ring (bicyclic) bond motifs is 2. The number of ether oxygens (including phenoxy) is 1. The summed E-state index contributed by atoms with van der Waals surface area (Å²) < 4.78 is 6.45. The van der Waals surface area contributed by atoms with Crippen molar-refractivity contribution in [2.24, 2.45) is 11.8 Å². The van der Waals surface area contributed by atoms with Crippen LogP contribution < -0.4 is 4.90 Å². The van der Waals surface area contributed by atoms with Crippen molar-refractivity contribution in [3.05, 3.63) is 24.4 Å². The minimum atomic E-state index is 0.479.